The summed E-state index contributed by atoms with van der Waals surface area (Å²) in [7, 11) is 0. The van der Waals surface area contributed by atoms with E-state index >= 15 is 0 Å². The van der Waals surface area contributed by atoms with Crippen LogP contribution in [0.3, 0.4) is 0 Å². The third kappa shape index (κ3) is 2.76. The molecule has 5 aliphatic rings. The Bertz CT molecular complexity index is 791. The van der Waals surface area contributed by atoms with Gasteiger partial charge in [-0.15, -0.1) is 0 Å². The average molecular weight is 491 g/mol. The summed E-state index contributed by atoms with van der Waals surface area (Å²) in [6.45, 7) is 2.47. The molecule has 1 aromatic rings. The van der Waals surface area contributed by atoms with Gasteiger partial charge in [-0.25, -0.2) is 0 Å². The molecule has 5 fully saturated rings. The molecular formula is C27H41NSSe. The Morgan fingerprint density at radius 1 is 1.10 bits per heavy atom. The Hall–Kier alpha value is 0.0195. The van der Waals surface area contributed by atoms with Gasteiger partial charge in [0, 0.05) is 1.43 Å². The molecule has 30 heavy (non-hydrogen) atoms. The van der Waals surface area contributed by atoms with Crippen molar-refractivity contribution >= 4 is 27.6 Å². The fourth-order valence-electron chi connectivity index (χ4n) is 9.40. The molecule has 0 N–H and O–H groups in total. The van der Waals surface area contributed by atoms with E-state index < -0.39 is 0 Å². The van der Waals surface area contributed by atoms with E-state index in [9.17, 15) is 0 Å². The Morgan fingerprint density at radius 3 is 2.83 bits per heavy atom. The van der Waals surface area contributed by atoms with Gasteiger partial charge in [-0.2, -0.15) is 0 Å². The van der Waals surface area contributed by atoms with Gasteiger partial charge in [0.2, 0.25) is 0 Å². The number of thiol groups is 1. The van der Waals surface area contributed by atoms with E-state index in [-0.39, 0.29) is 1.43 Å². The van der Waals surface area contributed by atoms with Crippen molar-refractivity contribution in [2.45, 2.75) is 104 Å². The molecule has 1 aliphatic heterocycles. The van der Waals surface area contributed by atoms with Gasteiger partial charge in [0.15, 0.2) is 0 Å². The average Bonchev–Trinajstić information content (AvgIpc) is 3.09. The van der Waals surface area contributed by atoms with Crippen LogP contribution >= 0.6 is 12.6 Å². The maximum Gasteiger partial charge on any atom is 0 e. The Balaban J connectivity index is 0.00000204. The van der Waals surface area contributed by atoms with Gasteiger partial charge >= 0.3 is 196 Å². The predicted octanol–water partition coefficient (Wildman–Crippen LogP) is 7.41. The molecule has 2 heterocycles. The number of hydrogen-bond acceptors (Lipinski definition) is 2. The maximum atomic E-state index is 5.56. The molecule has 4 aliphatic carbocycles. The number of hydrogen-bond donors (Lipinski definition) is 1. The van der Waals surface area contributed by atoms with Crippen molar-refractivity contribution in [1.29, 1.82) is 0 Å². The Labute approximate surface area is 197 Å². The van der Waals surface area contributed by atoms with Crippen LogP contribution in [-0.2, 0) is 6.42 Å². The molecule has 166 valence electrons. The van der Waals surface area contributed by atoms with Crippen molar-refractivity contribution < 1.29 is 1.43 Å². The first kappa shape index (κ1) is 20.6. The first-order chi connectivity index (χ1) is 14.6. The van der Waals surface area contributed by atoms with E-state index in [1.165, 1.54) is 69.8 Å². The van der Waals surface area contributed by atoms with Gasteiger partial charge < -0.3 is 0 Å². The maximum absolute atomic E-state index is 5.56. The van der Waals surface area contributed by atoms with E-state index in [4.69, 9.17) is 12.6 Å². The van der Waals surface area contributed by atoms with Crippen molar-refractivity contribution in [3.63, 3.8) is 0 Å². The summed E-state index contributed by atoms with van der Waals surface area (Å²) in [4.78, 5) is 4.35. The molecule has 8 atom stereocenters. The minimum absolute atomic E-state index is 0. The number of aromatic nitrogens is 1. The van der Waals surface area contributed by atoms with Crippen molar-refractivity contribution in [2.24, 2.45) is 29.6 Å². The topological polar surface area (TPSA) is 12.9 Å². The number of nitrogens with zero attached hydrogens (tertiary/aromatic N) is 1. The monoisotopic (exact) mass is 491 g/mol. The van der Waals surface area contributed by atoms with Crippen molar-refractivity contribution in [2.75, 3.05) is 0 Å². The minimum Gasteiger partial charge on any atom is 0 e. The summed E-state index contributed by atoms with van der Waals surface area (Å²) < 4.78 is 1.95. The second-order valence-corrected chi connectivity index (χ2v) is 15.8. The van der Waals surface area contributed by atoms with Crippen molar-refractivity contribution in [3.8, 4) is 0 Å². The van der Waals surface area contributed by atoms with Crippen LogP contribution in [0.25, 0.3) is 0 Å². The molecular weight excluding hydrogens is 449 g/mol. The smallest absolute Gasteiger partial charge is 0 e. The van der Waals surface area contributed by atoms with Crippen LogP contribution < -0.4 is 0 Å². The molecule has 3 heteroatoms. The van der Waals surface area contributed by atoms with Crippen LogP contribution in [-0.4, -0.2) is 24.7 Å². The molecule has 0 amide bonds. The van der Waals surface area contributed by atoms with Crippen LogP contribution in [0.4, 0.5) is 0 Å². The molecule has 2 bridgehead atoms. The zero-order valence-electron chi connectivity index (χ0n) is 18.7. The van der Waals surface area contributed by atoms with Crippen molar-refractivity contribution in [1.82, 2.24) is 4.98 Å². The molecule has 0 radical (unpaired) electrons. The first-order valence-electron chi connectivity index (χ1n) is 12.9. The zero-order chi connectivity index (χ0) is 20.4. The normalized spacial score (nSPS) is 47.5. The largest absolute Gasteiger partial charge is 0 e. The molecule has 1 saturated heterocycles. The van der Waals surface area contributed by atoms with Gasteiger partial charge in [0.1, 0.15) is 0 Å². The van der Waals surface area contributed by atoms with Crippen molar-refractivity contribution in [3.05, 3.63) is 30.1 Å². The molecule has 4 saturated carbocycles. The third-order valence-corrected chi connectivity index (χ3v) is 16.3. The molecule has 1 spiro atoms. The van der Waals surface area contributed by atoms with Crippen LogP contribution in [0.2, 0.25) is 8.63 Å². The minimum atomic E-state index is 0. The summed E-state index contributed by atoms with van der Waals surface area (Å²) in [5.74, 6) is 4.94. The second kappa shape index (κ2) is 7.53. The Kier molecular flexibility index (Phi) is 5.17. The SMILES string of the molecule is CCC(CCc1cccnc1)C1CCC2C13CCC1C4(S)CCCCC4CCC12[Se]3.[HH]. The van der Waals surface area contributed by atoms with Crippen LogP contribution in [0, 0.1) is 29.6 Å². The first-order valence-corrected chi connectivity index (χ1v) is 15.1. The standard InChI is InChI=1S/C27H39NSSe.H2/c1-2-20(9-8-19-6-5-17-28-18-19)22-10-11-24-26(22)16-13-23-25(29)14-4-3-7-21(25)12-15-27(23,24)30-26;/h5-6,17-18,20-24,29H,2-4,7-16H2,1H3;1H. The van der Waals surface area contributed by atoms with E-state index in [0.29, 0.717) is 4.75 Å². The van der Waals surface area contributed by atoms with Crippen LogP contribution in [0.1, 0.15) is 91.0 Å². The molecule has 1 aromatic heterocycles. The fraction of sp³-hybridized carbons (Fsp3) is 0.815. The number of pyridine rings is 1. The van der Waals surface area contributed by atoms with E-state index in [0.717, 1.165) is 53.2 Å². The number of aryl methyl sites for hydroxylation is 1. The van der Waals surface area contributed by atoms with Crippen LogP contribution in [0.5, 0.6) is 0 Å². The summed E-state index contributed by atoms with van der Waals surface area (Å²) in [6.07, 6.45) is 23.1. The van der Waals surface area contributed by atoms with E-state index in [1.54, 1.807) is 19.3 Å². The summed E-state index contributed by atoms with van der Waals surface area (Å²) in [5.41, 5.74) is 1.44. The molecule has 8 unspecified atom stereocenters. The van der Waals surface area contributed by atoms with Gasteiger partial charge in [0.05, 0.1) is 0 Å². The van der Waals surface area contributed by atoms with E-state index in [1.807, 2.05) is 6.20 Å². The van der Waals surface area contributed by atoms with Gasteiger partial charge in [-0.3, -0.25) is 0 Å². The number of fused-ring (bicyclic) bond motifs is 2. The molecule has 6 rings (SSSR count). The van der Waals surface area contributed by atoms with Crippen LogP contribution in [0.15, 0.2) is 24.5 Å². The molecule has 0 aromatic carbocycles. The summed E-state index contributed by atoms with van der Waals surface area (Å²) in [6, 6.07) is 4.38. The number of rotatable bonds is 5. The van der Waals surface area contributed by atoms with E-state index in [2.05, 4.69) is 30.2 Å². The Morgan fingerprint density at radius 2 is 2.00 bits per heavy atom. The molecule has 1 nitrogen and oxygen atoms in total. The fourth-order valence-corrected chi connectivity index (χ4v) is 16.3. The second-order valence-electron chi connectivity index (χ2n) is 11.4. The summed E-state index contributed by atoms with van der Waals surface area (Å²) in [5, 5.41) is 0. The van der Waals surface area contributed by atoms with Gasteiger partial charge in [-0.1, -0.05) is 0 Å². The van der Waals surface area contributed by atoms with Gasteiger partial charge in [0.25, 0.3) is 0 Å². The van der Waals surface area contributed by atoms with Gasteiger partial charge in [-0.05, 0) is 0 Å². The predicted molar refractivity (Wildman–Crippen MR) is 131 cm³/mol. The quantitative estimate of drug-likeness (QED) is 0.335. The summed E-state index contributed by atoms with van der Waals surface area (Å²) >= 11 is 6.43. The zero-order valence-corrected chi connectivity index (χ0v) is 21.3. The third-order valence-electron chi connectivity index (χ3n) is 10.6.